The van der Waals surface area contributed by atoms with Crippen LogP contribution in [0.2, 0.25) is 0 Å². The zero-order valence-electron chi connectivity index (χ0n) is 18.3. The maximum atomic E-state index is 13.4. The smallest absolute Gasteiger partial charge is 0.227 e. The predicted molar refractivity (Wildman–Crippen MR) is 123 cm³/mol. The third-order valence-electron chi connectivity index (χ3n) is 5.84. The molecule has 6 heteroatoms. The van der Waals surface area contributed by atoms with Crippen LogP contribution in [0, 0.1) is 5.92 Å². The van der Waals surface area contributed by atoms with Crippen molar-refractivity contribution in [1.29, 1.82) is 0 Å². The van der Waals surface area contributed by atoms with E-state index in [9.17, 15) is 4.79 Å². The Bertz CT molecular complexity index is 1020. The maximum Gasteiger partial charge on any atom is 0.227 e. The van der Waals surface area contributed by atoms with E-state index in [4.69, 9.17) is 4.74 Å². The highest BCUT2D eigenvalue weighted by Crippen LogP contribution is 2.30. The van der Waals surface area contributed by atoms with Gasteiger partial charge >= 0.3 is 0 Å². The van der Waals surface area contributed by atoms with Crippen molar-refractivity contribution in [3.8, 4) is 5.75 Å². The molecule has 1 aliphatic rings. The summed E-state index contributed by atoms with van der Waals surface area (Å²) in [6.45, 7) is 4.83. The van der Waals surface area contributed by atoms with Crippen molar-refractivity contribution in [3.05, 3.63) is 60.4 Å². The third-order valence-corrected chi connectivity index (χ3v) is 5.84. The number of rotatable bonds is 7. The number of fused-ring (bicyclic) bond motifs is 1. The van der Waals surface area contributed by atoms with Gasteiger partial charge in [-0.05, 0) is 42.2 Å². The fourth-order valence-electron chi connectivity index (χ4n) is 4.27. The minimum Gasteiger partial charge on any atom is -0.493 e. The number of amides is 1. The molecule has 4 rings (SSSR count). The van der Waals surface area contributed by atoms with E-state index in [-0.39, 0.29) is 11.8 Å². The van der Waals surface area contributed by atoms with Crippen molar-refractivity contribution in [2.75, 3.05) is 31.6 Å². The first-order chi connectivity index (χ1) is 15.2. The summed E-state index contributed by atoms with van der Waals surface area (Å²) in [5.74, 6) is 1.67. The quantitative estimate of drug-likeness (QED) is 0.573. The number of aromatic nitrogens is 2. The van der Waals surface area contributed by atoms with Crippen LogP contribution < -0.4 is 9.64 Å². The molecule has 0 saturated carbocycles. The van der Waals surface area contributed by atoms with Gasteiger partial charge in [0.2, 0.25) is 11.9 Å². The van der Waals surface area contributed by atoms with Crippen LogP contribution in [-0.4, -0.2) is 47.5 Å². The molecule has 1 atom stereocenters. The Morgan fingerprint density at radius 2 is 1.97 bits per heavy atom. The molecule has 2 aromatic carbocycles. The molecule has 0 aliphatic carbocycles. The molecule has 1 amide bonds. The fourth-order valence-corrected chi connectivity index (χ4v) is 4.27. The van der Waals surface area contributed by atoms with E-state index in [2.05, 4.69) is 40.0 Å². The highest BCUT2D eigenvalue weighted by Gasteiger charge is 2.29. The molecule has 31 heavy (non-hydrogen) atoms. The molecular formula is C25H30N4O2. The molecule has 0 radical (unpaired) electrons. The summed E-state index contributed by atoms with van der Waals surface area (Å²) in [5, 5.41) is 2.30. The topological polar surface area (TPSA) is 58.6 Å². The van der Waals surface area contributed by atoms with E-state index in [0.29, 0.717) is 25.6 Å². The number of piperidine rings is 1. The normalized spacial score (nSPS) is 16.3. The number of carbonyl (C=O) groups is 1. The molecule has 1 aromatic heterocycles. The molecule has 162 valence electrons. The maximum absolute atomic E-state index is 13.4. The van der Waals surface area contributed by atoms with Gasteiger partial charge in [0.05, 0.1) is 12.5 Å². The number of hydrogen-bond acceptors (Lipinski definition) is 5. The van der Waals surface area contributed by atoms with Crippen molar-refractivity contribution < 1.29 is 9.53 Å². The van der Waals surface area contributed by atoms with Crippen molar-refractivity contribution in [3.63, 3.8) is 0 Å². The van der Waals surface area contributed by atoms with Crippen molar-refractivity contribution in [2.45, 2.75) is 32.7 Å². The highest BCUT2D eigenvalue weighted by molar-refractivity contribution is 5.88. The second kappa shape index (κ2) is 9.77. The van der Waals surface area contributed by atoms with E-state index >= 15 is 0 Å². The van der Waals surface area contributed by atoms with Crippen LogP contribution in [0.3, 0.4) is 0 Å². The van der Waals surface area contributed by atoms with Gasteiger partial charge in [0, 0.05) is 44.6 Å². The van der Waals surface area contributed by atoms with Gasteiger partial charge in [0.15, 0.2) is 0 Å². The Morgan fingerprint density at radius 1 is 1.16 bits per heavy atom. The van der Waals surface area contributed by atoms with Gasteiger partial charge < -0.3 is 14.5 Å². The first-order valence-corrected chi connectivity index (χ1v) is 11.1. The van der Waals surface area contributed by atoms with Crippen LogP contribution in [0.25, 0.3) is 10.8 Å². The number of anilines is 1. The summed E-state index contributed by atoms with van der Waals surface area (Å²) in [4.78, 5) is 26.0. The molecule has 1 fully saturated rings. The van der Waals surface area contributed by atoms with E-state index in [1.54, 1.807) is 12.4 Å². The molecular weight excluding hydrogens is 388 g/mol. The number of hydrogen-bond donors (Lipinski definition) is 0. The van der Waals surface area contributed by atoms with Crippen LogP contribution in [-0.2, 0) is 11.3 Å². The number of carbonyl (C=O) groups excluding carboxylic acids is 1. The van der Waals surface area contributed by atoms with E-state index in [1.165, 1.54) is 0 Å². The van der Waals surface area contributed by atoms with Gasteiger partial charge in [-0.3, -0.25) is 4.79 Å². The van der Waals surface area contributed by atoms with Crippen LogP contribution in [0.5, 0.6) is 5.75 Å². The Kier molecular flexibility index (Phi) is 6.65. The Morgan fingerprint density at radius 3 is 2.77 bits per heavy atom. The van der Waals surface area contributed by atoms with Gasteiger partial charge in [0.25, 0.3) is 0 Å². The second-order valence-electron chi connectivity index (χ2n) is 8.14. The molecule has 0 spiro atoms. The summed E-state index contributed by atoms with van der Waals surface area (Å²) < 4.78 is 6.03. The Hall–Kier alpha value is -3.15. The predicted octanol–water partition coefficient (Wildman–Crippen LogP) is 4.29. The molecule has 6 nitrogen and oxygen atoms in total. The fraction of sp³-hybridized carbons (Fsp3) is 0.400. The van der Waals surface area contributed by atoms with Crippen LogP contribution in [0.4, 0.5) is 5.95 Å². The van der Waals surface area contributed by atoms with E-state index in [1.807, 2.05) is 36.2 Å². The van der Waals surface area contributed by atoms with Crippen LogP contribution in [0.1, 0.15) is 31.7 Å². The molecule has 1 saturated heterocycles. The van der Waals surface area contributed by atoms with E-state index < -0.39 is 0 Å². The largest absolute Gasteiger partial charge is 0.493 e. The van der Waals surface area contributed by atoms with Crippen LogP contribution >= 0.6 is 0 Å². The highest BCUT2D eigenvalue weighted by atomic mass is 16.5. The minimum absolute atomic E-state index is 0.0578. The second-order valence-corrected chi connectivity index (χ2v) is 8.14. The van der Waals surface area contributed by atoms with Crippen molar-refractivity contribution in [1.82, 2.24) is 14.9 Å². The van der Waals surface area contributed by atoms with Crippen LogP contribution in [0.15, 0.2) is 54.9 Å². The number of ether oxygens (including phenoxy) is 1. The monoisotopic (exact) mass is 418 g/mol. The minimum atomic E-state index is -0.0578. The zero-order valence-corrected chi connectivity index (χ0v) is 18.3. The molecule has 0 bridgehead atoms. The molecule has 0 unspecified atom stereocenters. The van der Waals surface area contributed by atoms with E-state index in [0.717, 1.165) is 47.9 Å². The first-order valence-electron chi connectivity index (χ1n) is 11.1. The van der Waals surface area contributed by atoms with Gasteiger partial charge in [-0.25, -0.2) is 9.97 Å². The lowest BCUT2D eigenvalue weighted by molar-refractivity contribution is -0.135. The summed E-state index contributed by atoms with van der Waals surface area (Å²) in [7, 11) is 1.89. The number of nitrogens with zero attached hydrogens (tertiary/aromatic N) is 4. The van der Waals surface area contributed by atoms with Crippen molar-refractivity contribution >= 4 is 22.6 Å². The summed E-state index contributed by atoms with van der Waals surface area (Å²) in [6.07, 6.45) is 6.29. The first kappa shape index (κ1) is 21.1. The molecule has 1 aliphatic heterocycles. The average Bonchev–Trinajstić information content (AvgIpc) is 2.83. The summed E-state index contributed by atoms with van der Waals surface area (Å²) >= 11 is 0. The lowest BCUT2D eigenvalue weighted by atomic mass is 9.96. The van der Waals surface area contributed by atoms with Crippen molar-refractivity contribution in [2.24, 2.45) is 5.92 Å². The lowest BCUT2D eigenvalue weighted by Gasteiger charge is -2.34. The van der Waals surface area contributed by atoms with Gasteiger partial charge in [-0.2, -0.15) is 0 Å². The number of benzene rings is 2. The summed E-state index contributed by atoms with van der Waals surface area (Å²) in [6, 6.07) is 14.2. The molecule has 0 N–H and O–H groups in total. The lowest BCUT2D eigenvalue weighted by Crippen LogP contribution is -2.44. The molecule has 3 aromatic rings. The van der Waals surface area contributed by atoms with Gasteiger partial charge in [0.1, 0.15) is 5.75 Å². The van der Waals surface area contributed by atoms with Gasteiger partial charge in [-0.1, -0.05) is 37.3 Å². The zero-order chi connectivity index (χ0) is 21.6. The summed E-state index contributed by atoms with van der Waals surface area (Å²) in [5.41, 5.74) is 1.07. The Labute approximate surface area is 183 Å². The molecule has 2 heterocycles. The average molecular weight is 419 g/mol. The SMILES string of the molecule is CCCOc1ccc2ccccc2c1CN(C)C(=O)[C@@H]1CCCN(c2ncccn2)C1. The third kappa shape index (κ3) is 4.79. The van der Waals surface area contributed by atoms with Gasteiger partial charge in [-0.15, -0.1) is 0 Å². The standard InChI is InChI=1S/C25H30N4O2/c1-3-16-31-23-12-11-19-8-4-5-10-21(19)22(23)18-28(2)24(30)20-9-6-15-29(17-20)25-26-13-7-14-27-25/h4-5,7-8,10-14,20H,3,6,9,15-18H2,1-2H3/t20-/m1/s1. The Balaban J connectivity index is 1.53.